The molecule has 1 aliphatic heterocycles. The minimum atomic E-state index is -3.50. The molecule has 2 aromatic rings. The van der Waals surface area contributed by atoms with Gasteiger partial charge in [0.15, 0.2) is 15.0 Å². The summed E-state index contributed by atoms with van der Waals surface area (Å²) in [5, 5.41) is 4.67. The van der Waals surface area contributed by atoms with Crippen molar-refractivity contribution in [1.82, 2.24) is 9.88 Å². The molecule has 27 heavy (non-hydrogen) atoms. The van der Waals surface area contributed by atoms with Crippen molar-refractivity contribution in [3.05, 3.63) is 40.9 Å². The number of carbonyl (C=O) groups is 2. The van der Waals surface area contributed by atoms with E-state index >= 15 is 0 Å². The van der Waals surface area contributed by atoms with Crippen LogP contribution in [0.25, 0.3) is 0 Å². The Labute approximate surface area is 162 Å². The van der Waals surface area contributed by atoms with E-state index in [2.05, 4.69) is 10.3 Å². The second kappa shape index (κ2) is 7.77. The van der Waals surface area contributed by atoms with Gasteiger partial charge in [0.25, 0.3) is 0 Å². The summed E-state index contributed by atoms with van der Waals surface area (Å²) >= 11 is 1.18. The number of rotatable bonds is 6. The SMILES string of the molecule is CCN1CC(C(=O)Nc2nc(CS(=O)(=O)c3ccc(C)cc3)cs2)CC1=O. The van der Waals surface area contributed by atoms with Crippen molar-refractivity contribution in [3.63, 3.8) is 0 Å². The Bertz CT molecular complexity index is 951. The van der Waals surface area contributed by atoms with Gasteiger partial charge < -0.3 is 10.2 Å². The first-order valence-corrected chi connectivity index (χ1v) is 11.1. The van der Waals surface area contributed by atoms with E-state index in [0.717, 1.165) is 5.56 Å². The first-order chi connectivity index (χ1) is 12.8. The van der Waals surface area contributed by atoms with Crippen molar-refractivity contribution < 1.29 is 18.0 Å². The molecular formula is C18H21N3O4S2. The van der Waals surface area contributed by atoms with Crippen molar-refractivity contribution in [2.24, 2.45) is 5.92 Å². The molecule has 1 aromatic carbocycles. The van der Waals surface area contributed by atoms with Gasteiger partial charge in [-0.25, -0.2) is 13.4 Å². The smallest absolute Gasteiger partial charge is 0.231 e. The maximum absolute atomic E-state index is 12.5. The van der Waals surface area contributed by atoms with Gasteiger partial charge in [-0.1, -0.05) is 17.7 Å². The topological polar surface area (TPSA) is 96.4 Å². The zero-order chi connectivity index (χ0) is 19.6. The number of nitrogens with one attached hydrogen (secondary N) is 1. The van der Waals surface area contributed by atoms with E-state index in [0.29, 0.717) is 23.9 Å². The lowest BCUT2D eigenvalue weighted by atomic mass is 10.1. The van der Waals surface area contributed by atoms with Crippen LogP contribution in [0.3, 0.4) is 0 Å². The summed E-state index contributed by atoms with van der Waals surface area (Å²) in [6.45, 7) is 4.76. The molecule has 1 aromatic heterocycles. The zero-order valence-corrected chi connectivity index (χ0v) is 16.8. The molecule has 1 unspecified atom stereocenters. The molecule has 2 heterocycles. The van der Waals surface area contributed by atoms with Crippen LogP contribution in [0.1, 0.15) is 24.6 Å². The minimum Gasteiger partial charge on any atom is -0.342 e. The molecule has 1 fully saturated rings. The molecule has 144 valence electrons. The Morgan fingerprint density at radius 1 is 1.33 bits per heavy atom. The number of aromatic nitrogens is 1. The fraction of sp³-hybridized carbons (Fsp3) is 0.389. The van der Waals surface area contributed by atoms with E-state index in [4.69, 9.17) is 0 Å². The van der Waals surface area contributed by atoms with Gasteiger partial charge in [0, 0.05) is 24.9 Å². The quantitative estimate of drug-likeness (QED) is 0.792. The minimum absolute atomic E-state index is 0.0262. The highest BCUT2D eigenvalue weighted by Crippen LogP contribution is 2.23. The normalized spacial score (nSPS) is 17.3. The number of amides is 2. The number of benzene rings is 1. The van der Waals surface area contributed by atoms with E-state index in [1.165, 1.54) is 11.3 Å². The van der Waals surface area contributed by atoms with E-state index in [1.54, 1.807) is 34.5 Å². The van der Waals surface area contributed by atoms with E-state index < -0.39 is 15.8 Å². The zero-order valence-electron chi connectivity index (χ0n) is 15.1. The monoisotopic (exact) mass is 407 g/mol. The van der Waals surface area contributed by atoms with Crippen molar-refractivity contribution in [1.29, 1.82) is 0 Å². The number of hydrogen-bond acceptors (Lipinski definition) is 6. The molecule has 2 amide bonds. The molecule has 0 aliphatic carbocycles. The Kier molecular flexibility index (Phi) is 5.61. The van der Waals surface area contributed by atoms with Crippen LogP contribution in [0.4, 0.5) is 5.13 Å². The highest BCUT2D eigenvalue weighted by Gasteiger charge is 2.33. The molecule has 1 aliphatic rings. The van der Waals surface area contributed by atoms with Crippen molar-refractivity contribution in [2.75, 3.05) is 18.4 Å². The number of nitrogens with zero attached hydrogens (tertiary/aromatic N) is 2. The average Bonchev–Trinajstić information content (AvgIpc) is 3.21. The van der Waals surface area contributed by atoms with Gasteiger partial charge in [-0.15, -0.1) is 11.3 Å². The first-order valence-electron chi connectivity index (χ1n) is 8.61. The summed E-state index contributed by atoms with van der Waals surface area (Å²) in [4.78, 5) is 30.2. The van der Waals surface area contributed by atoms with Crippen molar-refractivity contribution in [3.8, 4) is 0 Å². The lowest BCUT2D eigenvalue weighted by Crippen LogP contribution is -2.28. The van der Waals surface area contributed by atoms with Crippen LogP contribution < -0.4 is 5.32 Å². The van der Waals surface area contributed by atoms with Crippen LogP contribution in [0.2, 0.25) is 0 Å². The molecule has 3 rings (SSSR count). The predicted octanol–water partition coefficient (Wildman–Crippen LogP) is 2.23. The van der Waals surface area contributed by atoms with Gasteiger partial charge in [0.05, 0.1) is 22.3 Å². The fourth-order valence-electron chi connectivity index (χ4n) is 2.92. The molecule has 0 radical (unpaired) electrons. The number of carbonyl (C=O) groups excluding carboxylic acids is 2. The lowest BCUT2D eigenvalue weighted by molar-refractivity contribution is -0.128. The number of aryl methyl sites for hydroxylation is 1. The second-order valence-electron chi connectivity index (χ2n) is 6.54. The Morgan fingerprint density at radius 2 is 2.04 bits per heavy atom. The van der Waals surface area contributed by atoms with Crippen LogP contribution in [-0.4, -0.2) is 43.2 Å². The van der Waals surface area contributed by atoms with Crippen LogP contribution in [0, 0.1) is 12.8 Å². The van der Waals surface area contributed by atoms with Gasteiger partial charge in [-0.05, 0) is 26.0 Å². The lowest BCUT2D eigenvalue weighted by Gasteiger charge is -2.12. The molecule has 7 nitrogen and oxygen atoms in total. The molecule has 1 atom stereocenters. The second-order valence-corrected chi connectivity index (χ2v) is 9.39. The molecule has 0 bridgehead atoms. The van der Waals surface area contributed by atoms with Gasteiger partial charge in [0.2, 0.25) is 11.8 Å². The van der Waals surface area contributed by atoms with Crippen LogP contribution in [0.5, 0.6) is 0 Å². The van der Waals surface area contributed by atoms with Gasteiger partial charge in [-0.3, -0.25) is 9.59 Å². The predicted molar refractivity (Wildman–Crippen MR) is 103 cm³/mol. The summed E-state index contributed by atoms with van der Waals surface area (Å²) in [6.07, 6.45) is 0.194. The third kappa shape index (κ3) is 4.54. The van der Waals surface area contributed by atoms with Crippen LogP contribution in [0.15, 0.2) is 34.5 Å². The number of sulfone groups is 1. The largest absolute Gasteiger partial charge is 0.342 e. The average molecular weight is 408 g/mol. The van der Waals surface area contributed by atoms with Crippen LogP contribution in [-0.2, 0) is 25.2 Å². The first kappa shape index (κ1) is 19.5. The van der Waals surface area contributed by atoms with Gasteiger partial charge >= 0.3 is 0 Å². The number of hydrogen-bond donors (Lipinski definition) is 1. The Hall–Kier alpha value is -2.26. The fourth-order valence-corrected chi connectivity index (χ4v) is 4.99. The number of anilines is 1. The summed E-state index contributed by atoms with van der Waals surface area (Å²) in [6, 6.07) is 6.66. The summed E-state index contributed by atoms with van der Waals surface area (Å²) in [7, 11) is -3.50. The third-order valence-corrected chi connectivity index (χ3v) is 6.94. The molecule has 0 spiro atoms. The van der Waals surface area contributed by atoms with E-state index in [1.807, 2.05) is 13.8 Å². The number of thiazole rings is 1. The molecule has 1 N–H and O–H groups in total. The molecule has 9 heteroatoms. The Morgan fingerprint density at radius 3 is 2.67 bits per heavy atom. The number of likely N-dealkylation sites (tertiary alicyclic amines) is 1. The van der Waals surface area contributed by atoms with Crippen molar-refractivity contribution >= 4 is 38.1 Å². The maximum Gasteiger partial charge on any atom is 0.231 e. The maximum atomic E-state index is 12.5. The van der Waals surface area contributed by atoms with Crippen molar-refractivity contribution in [2.45, 2.75) is 30.9 Å². The summed E-state index contributed by atoms with van der Waals surface area (Å²) in [5.41, 5.74) is 1.37. The summed E-state index contributed by atoms with van der Waals surface area (Å²) < 4.78 is 25.0. The third-order valence-electron chi connectivity index (χ3n) is 4.47. The van der Waals surface area contributed by atoms with Crippen LogP contribution >= 0.6 is 11.3 Å². The van der Waals surface area contributed by atoms with Gasteiger partial charge in [0.1, 0.15) is 0 Å². The Balaban J connectivity index is 1.64. The molecule has 0 saturated carbocycles. The molecular weight excluding hydrogens is 386 g/mol. The molecule has 1 saturated heterocycles. The highest BCUT2D eigenvalue weighted by molar-refractivity contribution is 7.90. The van der Waals surface area contributed by atoms with E-state index in [9.17, 15) is 18.0 Å². The summed E-state index contributed by atoms with van der Waals surface area (Å²) in [5.74, 6) is -0.919. The van der Waals surface area contributed by atoms with Gasteiger partial charge in [-0.2, -0.15) is 0 Å². The highest BCUT2D eigenvalue weighted by atomic mass is 32.2. The van der Waals surface area contributed by atoms with E-state index in [-0.39, 0.29) is 28.9 Å². The standard InChI is InChI=1S/C18H21N3O4S2/c1-3-21-9-13(8-16(21)22)17(23)20-18-19-14(10-26-18)11-27(24,25)15-6-4-12(2)5-7-15/h4-7,10,13H,3,8-9,11H2,1-2H3,(H,19,20,23).